The molecule has 0 bridgehead atoms. The van der Waals surface area contributed by atoms with Crippen molar-refractivity contribution < 1.29 is 19.2 Å². The number of nitrogens with zero attached hydrogens (tertiary/aromatic N) is 4. The standard InChI is InChI=1S/C12H20N4O5/c17-11(15-5-7-21-8-6-15)9-13-1-3-14(4-2-13)12(18)10-16(19)20/h1-10H2. The molecule has 2 saturated heterocycles. The highest BCUT2D eigenvalue weighted by Gasteiger charge is 2.26. The van der Waals surface area contributed by atoms with Crippen molar-refractivity contribution in [2.24, 2.45) is 0 Å². The highest BCUT2D eigenvalue weighted by Crippen LogP contribution is 2.05. The molecule has 9 nitrogen and oxygen atoms in total. The number of amides is 2. The predicted octanol–water partition coefficient (Wildman–Crippen LogP) is -1.73. The zero-order valence-electron chi connectivity index (χ0n) is 11.9. The summed E-state index contributed by atoms with van der Waals surface area (Å²) in [6.07, 6.45) is 0. The first-order valence-electron chi connectivity index (χ1n) is 7.03. The van der Waals surface area contributed by atoms with Crippen LogP contribution in [0.5, 0.6) is 0 Å². The Labute approximate surface area is 122 Å². The number of piperazine rings is 1. The lowest BCUT2D eigenvalue weighted by molar-refractivity contribution is -0.468. The number of carbonyl (C=O) groups excluding carboxylic acids is 2. The minimum atomic E-state index is -0.660. The van der Waals surface area contributed by atoms with E-state index >= 15 is 0 Å². The van der Waals surface area contributed by atoms with E-state index in [1.165, 1.54) is 4.90 Å². The molecule has 0 spiro atoms. The van der Waals surface area contributed by atoms with Gasteiger partial charge in [0.2, 0.25) is 5.91 Å². The van der Waals surface area contributed by atoms with Crippen molar-refractivity contribution in [3.05, 3.63) is 10.1 Å². The molecule has 0 aromatic rings. The van der Waals surface area contributed by atoms with Gasteiger partial charge < -0.3 is 14.5 Å². The van der Waals surface area contributed by atoms with Gasteiger partial charge in [-0.3, -0.25) is 24.6 Å². The molecule has 0 saturated carbocycles. The largest absolute Gasteiger partial charge is 0.378 e. The summed E-state index contributed by atoms with van der Waals surface area (Å²) in [5, 5.41) is 10.3. The summed E-state index contributed by atoms with van der Waals surface area (Å²) >= 11 is 0. The summed E-state index contributed by atoms with van der Waals surface area (Å²) in [6.45, 7) is 4.08. The maximum Gasteiger partial charge on any atom is 0.294 e. The molecular weight excluding hydrogens is 280 g/mol. The van der Waals surface area contributed by atoms with Crippen molar-refractivity contribution in [1.29, 1.82) is 0 Å². The molecule has 9 heteroatoms. The van der Waals surface area contributed by atoms with E-state index in [-0.39, 0.29) is 5.91 Å². The first kappa shape index (κ1) is 15.6. The molecule has 0 aromatic carbocycles. The van der Waals surface area contributed by atoms with E-state index in [1.807, 2.05) is 4.90 Å². The number of hydrogen-bond acceptors (Lipinski definition) is 6. The molecule has 0 unspecified atom stereocenters. The summed E-state index contributed by atoms with van der Waals surface area (Å²) in [4.78, 5) is 38.6. The molecule has 2 aliphatic rings. The summed E-state index contributed by atoms with van der Waals surface area (Å²) < 4.78 is 5.21. The second-order valence-corrected chi connectivity index (χ2v) is 5.14. The van der Waals surface area contributed by atoms with Gasteiger partial charge in [0.1, 0.15) is 0 Å². The molecule has 0 radical (unpaired) electrons. The van der Waals surface area contributed by atoms with Crippen molar-refractivity contribution in [2.45, 2.75) is 0 Å². The Morgan fingerprint density at radius 2 is 1.52 bits per heavy atom. The van der Waals surface area contributed by atoms with E-state index in [1.54, 1.807) is 4.90 Å². The lowest BCUT2D eigenvalue weighted by Crippen LogP contribution is -2.53. The van der Waals surface area contributed by atoms with Crippen LogP contribution in [0.15, 0.2) is 0 Å². The van der Waals surface area contributed by atoms with Gasteiger partial charge in [0.05, 0.1) is 19.8 Å². The Morgan fingerprint density at radius 1 is 0.952 bits per heavy atom. The average Bonchev–Trinajstić information content (AvgIpc) is 2.48. The number of morpholine rings is 1. The zero-order chi connectivity index (χ0) is 15.2. The lowest BCUT2D eigenvalue weighted by Gasteiger charge is -2.35. The van der Waals surface area contributed by atoms with Crippen LogP contribution in [0.2, 0.25) is 0 Å². The van der Waals surface area contributed by atoms with Crippen LogP contribution in [0.4, 0.5) is 0 Å². The minimum Gasteiger partial charge on any atom is -0.378 e. The van der Waals surface area contributed by atoms with E-state index in [9.17, 15) is 19.7 Å². The third kappa shape index (κ3) is 4.64. The van der Waals surface area contributed by atoms with Crippen LogP contribution in [-0.2, 0) is 14.3 Å². The van der Waals surface area contributed by atoms with Crippen molar-refractivity contribution in [3.63, 3.8) is 0 Å². The van der Waals surface area contributed by atoms with E-state index in [0.29, 0.717) is 59.0 Å². The van der Waals surface area contributed by atoms with Crippen LogP contribution in [-0.4, -0.2) is 97.0 Å². The predicted molar refractivity (Wildman–Crippen MR) is 72.3 cm³/mol. The second kappa shape index (κ2) is 7.32. The van der Waals surface area contributed by atoms with E-state index in [2.05, 4.69) is 0 Å². The quantitative estimate of drug-likeness (QED) is 0.452. The van der Waals surface area contributed by atoms with Gasteiger partial charge in [-0.2, -0.15) is 0 Å². The Kier molecular flexibility index (Phi) is 5.45. The molecule has 2 rings (SSSR count). The Balaban J connectivity index is 1.72. The number of ether oxygens (including phenoxy) is 1. The molecule has 0 N–H and O–H groups in total. The maximum absolute atomic E-state index is 12.1. The molecule has 0 aromatic heterocycles. The third-order valence-corrected chi connectivity index (χ3v) is 3.71. The fourth-order valence-corrected chi connectivity index (χ4v) is 2.47. The summed E-state index contributed by atoms with van der Waals surface area (Å²) in [5.41, 5.74) is 0. The summed E-state index contributed by atoms with van der Waals surface area (Å²) in [6, 6.07) is 0. The second-order valence-electron chi connectivity index (χ2n) is 5.14. The Bertz CT molecular complexity index is 402. The lowest BCUT2D eigenvalue weighted by atomic mass is 10.3. The molecular formula is C12H20N4O5. The van der Waals surface area contributed by atoms with Gasteiger partial charge in [-0.1, -0.05) is 0 Å². The normalized spacial score (nSPS) is 20.4. The molecule has 0 atom stereocenters. The molecule has 2 heterocycles. The number of nitro groups is 1. The Hall–Kier alpha value is -1.74. The monoisotopic (exact) mass is 300 g/mol. The molecule has 0 aliphatic carbocycles. The van der Waals surface area contributed by atoms with Gasteiger partial charge >= 0.3 is 0 Å². The van der Waals surface area contributed by atoms with Crippen LogP contribution in [0.1, 0.15) is 0 Å². The highest BCUT2D eigenvalue weighted by molar-refractivity contribution is 5.79. The van der Waals surface area contributed by atoms with Crippen molar-refractivity contribution in [1.82, 2.24) is 14.7 Å². The molecule has 2 fully saturated rings. The SMILES string of the molecule is O=C(CN1CCN(C(=O)C[N+](=O)[O-])CC1)N1CCOCC1. The smallest absolute Gasteiger partial charge is 0.294 e. The van der Waals surface area contributed by atoms with E-state index < -0.39 is 17.4 Å². The molecule has 2 aliphatic heterocycles. The van der Waals surface area contributed by atoms with Gasteiger partial charge in [-0.25, -0.2) is 0 Å². The first-order chi connectivity index (χ1) is 10.1. The fraction of sp³-hybridized carbons (Fsp3) is 0.833. The van der Waals surface area contributed by atoms with Gasteiger partial charge in [0, 0.05) is 44.2 Å². The Morgan fingerprint density at radius 3 is 2.10 bits per heavy atom. The van der Waals surface area contributed by atoms with Crippen LogP contribution in [0, 0.1) is 10.1 Å². The zero-order valence-corrected chi connectivity index (χ0v) is 11.9. The van der Waals surface area contributed by atoms with Crippen LogP contribution in [0.3, 0.4) is 0 Å². The van der Waals surface area contributed by atoms with Crippen molar-refractivity contribution in [2.75, 3.05) is 65.6 Å². The highest BCUT2D eigenvalue weighted by atomic mass is 16.6. The molecule has 2 amide bonds. The first-order valence-corrected chi connectivity index (χ1v) is 7.03. The summed E-state index contributed by atoms with van der Waals surface area (Å²) in [5.74, 6) is -0.387. The topological polar surface area (TPSA) is 96.2 Å². The molecule has 118 valence electrons. The van der Waals surface area contributed by atoms with Crippen molar-refractivity contribution in [3.8, 4) is 0 Å². The van der Waals surface area contributed by atoms with Crippen LogP contribution in [0.25, 0.3) is 0 Å². The van der Waals surface area contributed by atoms with Gasteiger partial charge in [-0.15, -0.1) is 0 Å². The summed E-state index contributed by atoms with van der Waals surface area (Å²) in [7, 11) is 0. The van der Waals surface area contributed by atoms with Crippen LogP contribution < -0.4 is 0 Å². The minimum absolute atomic E-state index is 0.0726. The van der Waals surface area contributed by atoms with Gasteiger partial charge in [0.25, 0.3) is 12.5 Å². The maximum atomic E-state index is 12.1. The average molecular weight is 300 g/mol. The third-order valence-electron chi connectivity index (χ3n) is 3.71. The van der Waals surface area contributed by atoms with E-state index in [4.69, 9.17) is 4.74 Å². The van der Waals surface area contributed by atoms with Gasteiger partial charge in [-0.05, 0) is 0 Å². The number of hydrogen-bond donors (Lipinski definition) is 0. The fourth-order valence-electron chi connectivity index (χ4n) is 2.47. The number of rotatable bonds is 4. The van der Waals surface area contributed by atoms with Crippen molar-refractivity contribution >= 4 is 11.8 Å². The van der Waals surface area contributed by atoms with Gasteiger partial charge in [0.15, 0.2) is 0 Å². The van der Waals surface area contributed by atoms with Crippen LogP contribution >= 0.6 is 0 Å². The molecule has 21 heavy (non-hydrogen) atoms. The number of carbonyl (C=O) groups is 2. The van der Waals surface area contributed by atoms with E-state index in [0.717, 1.165) is 0 Å².